The molecule has 0 aromatic heterocycles. The van der Waals surface area contributed by atoms with Gasteiger partial charge in [-0.05, 0) is 38.3 Å². The van der Waals surface area contributed by atoms with Gasteiger partial charge in [-0.1, -0.05) is 37.3 Å². The summed E-state index contributed by atoms with van der Waals surface area (Å²) < 4.78 is 0. The third-order valence-electron chi connectivity index (χ3n) is 3.02. The van der Waals surface area contributed by atoms with Crippen LogP contribution in [0.5, 0.6) is 0 Å². The van der Waals surface area contributed by atoms with Crippen molar-refractivity contribution < 1.29 is 0 Å². The van der Waals surface area contributed by atoms with Gasteiger partial charge in [-0.15, -0.1) is 0 Å². The van der Waals surface area contributed by atoms with Crippen LogP contribution >= 0.6 is 0 Å². The van der Waals surface area contributed by atoms with E-state index in [1.807, 2.05) is 18.2 Å². The van der Waals surface area contributed by atoms with Gasteiger partial charge in [-0.25, -0.2) is 0 Å². The Morgan fingerprint density at radius 3 is 2.56 bits per heavy atom. The van der Waals surface area contributed by atoms with Crippen molar-refractivity contribution >= 4 is 0 Å². The zero-order chi connectivity index (χ0) is 11.8. The summed E-state index contributed by atoms with van der Waals surface area (Å²) in [5.74, 6) is 0. The van der Waals surface area contributed by atoms with Crippen LogP contribution in [0.3, 0.4) is 0 Å². The Morgan fingerprint density at radius 2 is 1.94 bits per heavy atom. The van der Waals surface area contributed by atoms with E-state index in [4.69, 9.17) is 5.73 Å². The maximum atomic E-state index is 6.12. The molecule has 0 aliphatic heterocycles. The zero-order valence-electron chi connectivity index (χ0n) is 10.4. The molecule has 0 aliphatic carbocycles. The Bertz CT molecular complexity index is 271. The van der Waals surface area contributed by atoms with Gasteiger partial charge >= 0.3 is 0 Å². The molecule has 1 aromatic carbocycles. The lowest BCUT2D eigenvalue weighted by atomic mass is 10.0. The molecule has 2 nitrogen and oxygen atoms in total. The third kappa shape index (κ3) is 4.77. The van der Waals surface area contributed by atoms with Crippen LogP contribution in [0.15, 0.2) is 30.3 Å². The molecule has 0 bridgehead atoms. The minimum atomic E-state index is 0.180. The minimum Gasteiger partial charge on any atom is -0.324 e. The van der Waals surface area contributed by atoms with Crippen LogP contribution in [0.25, 0.3) is 0 Å². The standard InChI is InChI=1S/C14H24N2/c1-3-12(2)16-11-7-10-14(15)13-8-5-4-6-9-13/h4-6,8-9,12,14,16H,3,7,10-11,15H2,1-2H3. The number of hydrogen-bond donors (Lipinski definition) is 2. The Labute approximate surface area is 99.2 Å². The van der Waals surface area contributed by atoms with Gasteiger partial charge in [-0.2, -0.15) is 0 Å². The average molecular weight is 220 g/mol. The first-order valence-corrected chi connectivity index (χ1v) is 6.28. The number of rotatable bonds is 7. The lowest BCUT2D eigenvalue weighted by Gasteiger charge is -2.14. The van der Waals surface area contributed by atoms with Gasteiger partial charge in [-0.3, -0.25) is 0 Å². The topological polar surface area (TPSA) is 38.0 Å². The van der Waals surface area contributed by atoms with Gasteiger partial charge in [0, 0.05) is 12.1 Å². The fourth-order valence-corrected chi connectivity index (χ4v) is 1.68. The summed E-state index contributed by atoms with van der Waals surface area (Å²) in [5, 5.41) is 3.48. The fraction of sp³-hybridized carbons (Fsp3) is 0.571. The van der Waals surface area contributed by atoms with Crippen molar-refractivity contribution in [1.29, 1.82) is 0 Å². The van der Waals surface area contributed by atoms with Gasteiger partial charge in [0.2, 0.25) is 0 Å². The highest BCUT2D eigenvalue weighted by Crippen LogP contribution is 2.14. The van der Waals surface area contributed by atoms with E-state index < -0.39 is 0 Å². The summed E-state index contributed by atoms with van der Waals surface area (Å²) in [6.07, 6.45) is 3.37. The molecule has 16 heavy (non-hydrogen) atoms. The van der Waals surface area contributed by atoms with E-state index in [9.17, 15) is 0 Å². The second-order valence-corrected chi connectivity index (χ2v) is 4.42. The highest BCUT2D eigenvalue weighted by Gasteiger charge is 2.04. The molecule has 0 saturated heterocycles. The highest BCUT2D eigenvalue weighted by atomic mass is 14.9. The largest absolute Gasteiger partial charge is 0.324 e. The first-order chi connectivity index (χ1) is 7.74. The van der Waals surface area contributed by atoms with Crippen LogP contribution in [-0.4, -0.2) is 12.6 Å². The van der Waals surface area contributed by atoms with E-state index in [2.05, 4.69) is 31.3 Å². The smallest absolute Gasteiger partial charge is 0.0295 e. The van der Waals surface area contributed by atoms with E-state index in [0.29, 0.717) is 6.04 Å². The molecule has 0 aliphatic rings. The molecule has 0 fully saturated rings. The molecule has 0 radical (unpaired) electrons. The summed E-state index contributed by atoms with van der Waals surface area (Å²) >= 11 is 0. The summed E-state index contributed by atoms with van der Waals surface area (Å²) in [6.45, 7) is 5.49. The van der Waals surface area contributed by atoms with E-state index >= 15 is 0 Å². The van der Waals surface area contributed by atoms with Crippen LogP contribution in [0, 0.1) is 0 Å². The molecule has 0 heterocycles. The van der Waals surface area contributed by atoms with E-state index in [1.165, 1.54) is 12.0 Å². The van der Waals surface area contributed by atoms with Crippen LogP contribution in [0.2, 0.25) is 0 Å². The van der Waals surface area contributed by atoms with E-state index in [1.54, 1.807) is 0 Å². The normalized spacial score (nSPS) is 14.7. The lowest BCUT2D eigenvalue weighted by Crippen LogP contribution is -2.26. The second-order valence-electron chi connectivity index (χ2n) is 4.42. The van der Waals surface area contributed by atoms with E-state index in [-0.39, 0.29) is 6.04 Å². The van der Waals surface area contributed by atoms with Crippen molar-refractivity contribution in [3.8, 4) is 0 Å². The molecular formula is C14H24N2. The van der Waals surface area contributed by atoms with Crippen molar-refractivity contribution in [2.75, 3.05) is 6.54 Å². The Morgan fingerprint density at radius 1 is 1.25 bits per heavy atom. The lowest BCUT2D eigenvalue weighted by molar-refractivity contribution is 0.499. The number of hydrogen-bond acceptors (Lipinski definition) is 2. The molecule has 0 spiro atoms. The molecule has 0 amide bonds. The Balaban J connectivity index is 2.18. The van der Waals surface area contributed by atoms with Crippen LogP contribution in [0.4, 0.5) is 0 Å². The Kier molecular flexibility index (Phi) is 6.12. The summed E-state index contributed by atoms with van der Waals surface area (Å²) in [5.41, 5.74) is 7.36. The molecule has 2 unspecified atom stereocenters. The molecular weight excluding hydrogens is 196 g/mol. The van der Waals surface area contributed by atoms with Gasteiger partial charge in [0.15, 0.2) is 0 Å². The minimum absolute atomic E-state index is 0.180. The van der Waals surface area contributed by atoms with Crippen molar-refractivity contribution in [1.82, 2.24) is 5.32 Å². The van der Waals surface area contributed by atoms with Crippen LogP contribution < -0.4 is 11.1 Å². The summed E-state index contributed by atoms with van der Waals surface area (Å²) in [7, 11) is 0. The van der Waals surface area contributed by atoms with Crippen molar-refractivity contribution in [2.24, 2.45) is 5.73 Å². The Hall–Kier alpha value is -0.860. The van der Waals surface area contributed by atoms with Gasteiger partial charge in [0.05, 0.1) is 0 Å². The maximum Gasteiger partial charge on any atom is 0.0295 e. The summed E-state index contributed by atoms with van der Waals surface area (Å²) in [4.78, 5) is 0. The van der Waals surface area contributed by atoms with Crippen molar-refractivity contribution in [3.63, 3.8) is 0 Å². The molecule has 2 heteroatoms. The zero-order valence-corrected chi connectivity index (χ0v) is 10.4. The van der Waals surface area contributed by atoms with Gasteiger partial charge in [0.25, 0.3) is 0 Å². The van der Waals surface area contributed by atoms with E-state index in [0.717, 1.165) is 19.4 Å². The van der Waals surface area contributed by atoms with Crippen molar-refractivity contribution in [3.05, 3.63) is 35.9 Å². The molecule has 1 aromatic rings. The molecule has 3 N–H and O–H groups in total. The second kappa shape index (κ2) is 7.42. The fourth-order valence-electron chi connectivity index (χ4n) is 1.68. The first kappa shape index (κ1) is 13.2. The van der Waals surface area contributed by atoms with Gasteiger partial charge < -0.3 is 11.1 Å². The number of nitrogens with two attached hydrogens (primary N) is 1. The number of nitrogens with one attached hydrogen (secondary N) is 1. The summed E-state index contributed by atoms with van der Waals surface area (Å²) in [6, 6.07) is 11.1. The van der Waals surface area contributed by atoms with Crippen LogP contribution in [-0.2, 0) is 0 Å². The monoisotopic (exact) mass is 220 g/mol. The highest BCUT2D eigenvalue weighted by molar-refractivity contribution is 5.18. The molecule has 1 rings (SSSR count). The third-order valence-corrected chi connectivity index (χ3v) is 3.02. The van der Waals surface area contributed by atoms with Crippen LogP contribution in [0.1, 0.15) is 44.7 Å². The maximum absolute atomic E-state index is 6.12. The average Bonchev–Trinajstić information content (AvgIpc) is 2.35. The molecule has 90 valence electrons. The predicted molar refractivity (Wildman–Crippen MR) is 70.4 cm³/mol. The van der Waals surface area contributed by atoms with Gasteiger partial charge in [0.1, 0.15) is 0 Å². The number of benzene rings is 1. The quantitative estimate of drug-likeness (QED) is 0.693. The SMILES string of the molecule is CCC(C)NCCCC(N)c1ccccc1. The van der Waals surface area contributed by atoms with Crippen molar-refractivity contribution in [2.45, 2.75) is 45.2 Å². The first-order valence-electron chi connectivity index (χ1n) is 6.28. The molecule has 0 saturated carbocycles. The molecule has 2 atom stereocenters. The predicted octanol–water partition coefficient (Wildman–Crippen LogP) is 2.85.